The average Bonchev–Trinajstić information content (AvgIpc) is 2.22. The molecule has 2 atom stereocenters. The van der Waals surface area contributed by atoms with E-state index in [-0.39, 0.29) is 35.7 Å². The van der Waals surface area contributed by atoms with Crippen LogP contribution < -0.4 is 11.1 Å². The molecule has 0 radical (unpaired) electrons. The number of carbonyl (C=O) groups excluding carboxylic acids is 1. The van der Waals surface area contributed by atoms with Gasteiger partial charge < -0.3 is 11.1 Å². The van der Waals surface area contributed by atoms with Crippen LogP contribution in [0.4, 0.5) is 0 Å². The summed E-state index contributed by atoms with van der Waals surface area (Å²) in [4.78, 5) is 11.8. The van der Waals surface area contributed by atoms with Crippen LogP contribution in [0.15, 0.2) is 0 Å². The van der Waals surface area contributed by atoms with Gasteiger partial charge in [0.2, 0.25) is 5.91 Å². The first-order chi connectivity index (χ1) is 7.69. The third kappa shape index (κ3) is 7.93. The lowest BCUT2D eigenvalue weighted by Crippen LogP contribution is -2.47. The van der Waals surface area contributed by atoms with Crippen LogP contribution in [-0.4, -0.2) is 18.5 Å². The fourth-order valence-corrected chi connectivity index (χ4v) is 2.13. The average molecular weight is 279 g/mol. The van der Waals surface area contributed by atoms with Crippen LogP contribution in [0.2, 0.25) is 0 Å². The van der Waals surface area contributed by atoms with Gasteiger partial charge in [-0.3, -0.25) is 4.79 Å². The Kier molecular flexibility index (Phi) is 9.75. The van der Waals surface area contributed by atoms with Gasteiger partial charge in [0.05, 0.1) is 6.04 Å². The number of amides is 1. The summed E-state index contributed by atoms with van der Waals surface area (Å²) in [6, 6.07) is -0.380. The van der Waals surface area contributed by atoms with Crippen molar-refractivity contribution in [3.63, 3.8) is 0 Å². The quantitative estimate of drug-likeness (QED) is 0.752. The van der Waals surface area contributed by atoms with Gasteiger partial charge in [-0.15, -0.1) is 12.4 Å². The molecule has 0 bridgehead atoms. The monoisotopic (exact) mass is 278 g/mol. The van der Waals surface area contributed by atoms with Gasteiger partial charge in [0.15, 0.2) is 0 Å². The van der Waals surface area contributed by atoms with Crippen molar-refractivity contribution in [1.29, 1.82) is 0 Å². The maximum absolute atomic E-state index is 11.8. The van der Waals surface area contributed by atoms with Crippen LogP contribution in [-0.2, 0) is 4.79 Å². The predicted octanol–water partition coefficient (Wildman–Crippen LogP) is 2.97. The van der Waals surface area contributed by atoms with E-state index in [4.69, 9.17) is 5.73 Å². The molecule has 0 rings (SSSR count). The zero-order valence-electron chi connectivity index (χ0n) is 12.7. The van der Waals surface area contributed by atoms with E-state index >= 15 is 0 Å². The number of nitrogens with two attached hydrogens (primary N) is 1. The Morgan fingerprint density at radius 1 is 1.28 bits per heavy atom. The molecule has 18 heavy (non-hydrogen) atoms. The topological polar surface area (TPSA) is 55.1 Å². The minimum Gasteiger partial charge on any atom is -0.354 e. The first kappa shape index (κ1) is 20.0. The van der Waals surface area contributed by atoms with E-state index in [0.29, 0.717) is 12.5 Å². The molecule has 0 aliphatic rings. The van der Waals surface area contributed by atoms with Crippen LogP contribution in [0.25, 0.3) is 0 Å². The summed E-state index contributed by atoms with van der Waals surface area (Å²) >= 11 is 0. The summed E-state index contributed by atoms with van der Waals surface area (Å²) < 4.78 is 0. The Morgan fingerprint density at radius 3 is 2.17 bits per heavy atom. The highest BCUT2D eigenvalue weighted by molar-refractivity contribution is 5.85. The molecule has 0 saturated carbocycles. The van der Waals surface area contributed by atoms with E-state index in [2.05, 4.69) is 39.9 Å². The largest absolute Gasteiger partial charge is 0.354 e. The van der Waals surface area contributed by atoms with Crippen LogP contribution in [0.3, 0.4) is 0 Å². The molecule has 0 heterocycles. The predicted molar refractivity (Wildman–Crippen MR) is 80.9 cm³/mol. The minimum atomic E-state index is -0.380. The second-order valence-electron chi connectivity index (χ2n) is 6.39. The normalized spacial score (nSPS) is 14.9. The second-order valence-corrected chi connectivity index (χ2v) is 6.39. The first-order valence-corrected chi connectivity index (χ1v) is 6.73. The molecule has 0 saturated heterocycles. The molecule has 0 fully saturated rings. The molecule has 4 heteroatoms. The van der Waals surface area contributed by atoms with Gasteiger partial charge >= 0.3 is 0 Å². The van der Waals surface area contributed by atoms with Crippen molar-refractivity contribution in [2.75, 3.05) is 6.54 Å². The number of hydrogen-bond acceptors (Lipinski definition) is 2. The molecule has 3 nitrogen and oxygen atoms in total. The summed E-state index contributed by atoms with van der Waals surface area (Å²) in [5.41, 5.74) is 6.03. The maximum Gasteiger partial charge on any atom is 0.237 e. The number of halogens is 1. The standard InChI is InChI=1S/C14H30N2O.ClH/c1-7-11(4)12(15)13(17)16-9-14(5,6)8-10(2)3;/h10-12H,7-9,15H2,1-6H3,(H,16,17);1H. The van der Waals surface area contributed by atoms with Crippen LogP contribution >= 0.6 is 12.4 Å². The number of hydrogen-bond donors (Lipinski definition) is 2. The van der Waals surface area contributed by atoms with Gasteiger partial charge in [0, 0.05) is 6.54 Å². The van der Waals surface area contributed by atoms with Crippen molar-refractivity contribution in [2.24, 2.45) is 23.0 Å². The lowest BCUT2D eigenvalue weighted by Gasteiger charge is -2.28. The highest BCUT2D eigenvalue weighted by atomic mass is 35.5. The van der Waals surface area contributed by atoms with Crippen molar-refractivity contribution >= 4 is 18.3 Å². The molecule has 0 aromatic carbocycles. The van der Waals surface area contributed by atoms with E-state index in [9.17, 15) is 4.79 Å². The molecule has 110 valence electrons. The van der Waals surface area contributed by atoms with E-state index in [1.807, 2.05) is 6.92 Å². The molecular weight excluding hydrogens is 248 g/mol. The van der Waals surface area contributed by atoms with E-state index in [1.54, 1.807) is 0 Å². The van der Waals surface area contributed by atoms with Crippen molar-refractivity contribution in [2.45, 2.75) is 60.4 Å². The van der Waals surface area contributed by atoms with Crippen LogP contribution in [0, 0.1) is 17.3 Å². The second kappa shape index (κ2) is 8.76. The summed E-state index contributed by atoms with van der Waals surface area (Å²) in [6.45, 7) is 13.5. The number of carbonyl (C=O) groups is 1. The van der Waals surface area contributed by atoms with E-state index < -0.39 is 0 Å². The smallest absolute Gasteiger partial charge is 0.237 e. The minimum absolute atomic E-state index is 0. The van der Waals surface area contributed by atoms with E-state index in [1.165, 1.54) is 0 Å². The lowest BCUT2D eigenvalue weighted by atomic mass is 9.84. The van der Waals surface area contributed by atoms with Gasteiger partial charge in [-0.2, -0.15) is 0 Å². The number of rotatable bonds is 7. The van der Waals surface area contributed by atoms with Gasteiger partial charge in [0.25, 0.3) is 0 Å². The molecule has 3 N–H and O–H groups in total. The van der Waals surface area contributed by atoms with E-state index in [0.717, 1.165) is 12.8 Å². The summed E-state index contributed by atoms with van der Waals surface area (Å²) in [5.74, 6) is 0.865. The molecular formula is C14H31ClN2O. The molecule has 0 aromatic rings. The zero-order chi connectivity index (χ0) is 13.6. The summed E-state index contributed by atoms with van der Waals surface area (Å²) in [5, 5.41) is 2.98. The molecule has 0 spiro atoms. The Morgan fingerprint density at radius 2 is 1.78 bits per heavy atom. The van der Waals surface area contributed by atoms with Crippen molar-refractivity contribution in [3.8, 4) is 0 Å². The van der Waals surface area contributed by atoms with Gasteiger partial charge in [-0.05, 0) is 23.7 Å². The summed E-state index contributed by atoms with van der Waals surface area (Å²) in [7, 11) is 0. The third-order valence-electron chi connectivity index (χ3n) is 3.26. The Hall–Kier alpha value is -0.280. The third-order valence-corrected chi connectivity index (χ3v) is 3.26. The molecule has 1 amide bonds. The van der Waals surface area contributed by atoms with Crippen molar-refractivity contribution < 1.29 is 4.79 Å². The number of nitrogens with one attached hydrogen (secondary N) is 1. The molecule has 0 aliphatic heterocycles. The maximum atomic E-state index is 11.8. The molecule has 2 unspecified atom stereocenters. The summed E-state index contributed by atoms with van der Waals surface area (Å²) in [6.07, 6.45) is 2.04. The molecule has 0 aliphatic carbocycles. The Bertz CT molecular complexity index is 242. The Labute approximate surface area is 119 Å². The fourth-order valence-electron chi connectivity index (χ4n) is 2.13. The SMILES string of the molecule is CCC(C)C(N)C(=O)NCC(C)(C)CC(C)C.Cl. The van der Waals surface area contributed by atoms with Crippen LogP contribution in [0.1, 0.15) is 54.4 Å². The highest BCUT2D eigenvalue weighted by Gasteiger charge is 2.23. The van der Waals surface area contributed by atoms with Crippen LogP contribution in [0.5, 0.6) is 0 Å². The highest BCUT2D eigenvalue weighted by Crippen LogP contribution is 2.24. The van der Waals surface area contributed by atoms with Crippen molar-refractivity contribution in [3.05, 3.63) is 0 Å². The van der Waals surface area contributed by atoms with Crippen molar-refractivity contribution in [1.82, 2.24) is 5.32 Å². The molecule has 0 aromatic heterocycles. The van der Waals surface area contributed by atoms with Gasteiger partial charge in [-0.1, -0.05) is 48.0 Å². The first-order valence-electron chi connectivity index (χ1n) is 6.73. The zero-order valence-corrected chi connectivity index (χ0v) is 13.6. The fraction of sp³-hybridized carbons (Fsp3) is 0.929. The van der Waals surface area contributed by atoms with Gasteiger partial charge in [0.1, 0.15) is 0 Å². The van der Waals surface area contributed by atoms with Gasteiger partial charge in [-0.25, -0.2) is 0 Å². The lowest BCUT2D eigenvalue weighted by molar-refractivity contribution is -0.123. The Balaban J connectivity index is 0.